The number of aliphatic hydroxyl groups excluding tert-OH is 1. The predicted octanol–water partition coefficient (Wildman–Crippen LogP) is 1.84. The van der Waals surface area contributed by atoms with Gasteiger partial charge in [-0.05, 0) is 30.2 Å². The van der Waals surface area contributed by atoms with Crippen LogP contribution in [0.15, 0.2) is 16.9 Å². The molecule has 4 heteroatoms. The number of hydrogen-bond acceptors (Lipinski definition) is 3. The first-order valence-electron chi connectivity index (χ1n) is 5.98. The molecule has 96 valence electrons. The Balaban J connectivity index is 2.81. The van der Waals surface area contributed by atoms with Gasteiger partial charge in [0.15, 0.2) is 5.88 Å². The Bertz CT molecular complexity index is 413. The van der Waals surface area contributed by atoms with Gasteiger partial charge >= 0.3 is 0 Å². The van der Waals surface area contributed by atoms with E-state index in [2.05, 4.69) is 11.9 Å². The van der Waals surface area contributed by atoms with Crippen LogP contribution in [0, 0.1) is 11.8 Å². The van der Waals surface area contributed by atoms with Crippen LogP contribution in [0.4, 0.5) is 0 Å². The van der Waals surface area contributed by atoms with E-state index in [0.29, 0.717) is 5.92 Å². The number of aromatic nitrogens is 1. The smallest absolute Gasteiger partial charge is 0.250 e. The van der Waals surface area contributed by atoms with Crippen molar-refractivity contribution in [1.82, 2.24) is 4.98 Å². The summed E-state index contributed by atoms with van der Waals surface area (Å²) in [7, 11) is 0. The Morgan fingerprint density at radius 1 is 1.29 bits per heavy atom. The summed E-state index contributed by atoms with van der Waals surface area (Å²) in [6.07, 6.45) is 0.885. The first-order chi connectivity index (χ1) is 7.95. The molecule has 1 heterocycles. The molecule has 17 heavy (non-hydrogen) atoms. The molecule has 0 bridgehead atoms. The molecule has 0 spiro atoms. The summed E-state index contributed by atoms with van der Waals surface area (Å²) in [4.78, 5) is 13.4. The van der Waals surface area contributed by atoms with Crippen molar-refractivity contribution in [3.8, 4) is 5.88 Å². The van der Waals surface area contributed by atoms with Gasteiger partial charge in [-0.15, -0.1) is 0 Å². The van der Waals surface area contributed by atoms with E-state index in [9.17, 15) is 9.90 Å². The maximum atomic E-state index is 11.0. The highest BCUT2D eigenvalue weighted by atomic mass is 16.3. The monoisotopic (exact) mass is 239 g/mol. The lowest BCUT2D eigenvalue weighted by molar-refractivity contribution is 0.209. The second-order valence-corrected chi connectivity index (χ2v) is 4.92. The zero-order chi connectivity index (χ0) is 13.0. The summed E-state index contributed by atoms with van der Waals surface area (Å²) in [5.74, 6) is 0.667. The lowest BCUT2D eigenvalue weighted by atomic mass is 9.84. The van der Waals surface area contributed by atoms with Crippen LogP contribution in [0.5, 0.6) is 5.88 Å². The average Bonchev–Trinajstić information content (AvgIpc) is 2.28. The van der Waals surface area contributed by atoms with Crippen molar-refractivity contribution >= 4 is 0 Å². The van der Waals surface area contributed by atoms with E-state index < -0.39 is 0 Å². The third kappa shape index (κ3) is 3.60. The van der Waals surface area contributed by atoms with E-state index in [4.69, 9.17) is 5.11 Å². The number of H-pyrrole nitrogens is 1. The number of nitrogens with one attached hydrogen (secondary N) is 1. The van der Waals surface area contributed by atoms with Gasteiger partial charge in [0.1, 0.15) is 0 Å². The predicted molar refractivity (Wildman–Crippen MR) is 67.2 cm³/mol. The number of aliphatic hydroxyl groups is 1. The Kier molecular flexibility index (Phi) is 4.75. The van der Waals surface area contributed by atoms with Gasteiger partial charge in [0.05, 0.1) is 0 Å². The molecule has 0 amide bonds. The van der Waals surface area contributed by atoms with E-state index >= 15 is 0 Å². The van der Waals surface area contributed by atoms with Crippen molar-refractivity contribution in [3.63, 3.8) is 0 Å². The van der Waals surface area contributed by atoms with Crippen molar-refractivity contribution in [1.29, 1.82) is 0 Å². The maximum Gasteiger partial charge on any atom is 0.250 e. The van der Waals surface area contributed by atoms with Gasteiger partial charge in [-0.2, -0.15) is 0 Å². The van der Waals surface area contributed by atoms with E-state index in [0.717, 1.165) is 12.0 Å². The molecule has 0 aliphatic carbocycles. The van der Waals surface area contributed by atoms with E-state index in [1.54, 1.807) is 6.07 Å². The molecule has 0 aliphatic heterocycles. The molecule has 4 nitrogen and oxygen atoms in total. The second-order valence-electron chi connectivity index (χ2n) is 4.92. The molecule has 0 aromatic carbocycles. The zero-order valence-corrected chi connectivity index (χ0v) is 10.6. The number of rotatable bonds is 5. The van der Waals surface area contributed by atoms with E-state index in [1.807, 2.05) is 13.8 Å². The lowest BCUT2D eigenvalue weighted by Crippen LogP contribution is -2.14. The van der Waals surface area contributed by atoms with Gasteiger partial charge < -0.3 is 10.2 Å². The van der Waals surface area contributed by atoms with Crippen molar-refractivity contribution in [2.45, 2.75) is 33.1 Å². The normalized spacial score (nSPS) is 16.5. The Morgan fingerprint density at radius 3 is 2.47 bits per heavy atom. The highest BCUT2D eigenvalue weighted by Crippen LogP contribution is 2.32. The summed E-state index contributed by atoms with van der Waals surface area (Å²) in [6.45, 7) is 6.27. The largest absolute Gasteiger partial charge is 0.494 e. The van der Waals surface area contributed by atoms with Gasteiger partial charge in [0, 0.05) is 18.2 Å². The van der Waals surface area contributed by atoms with Crippen LogP contribution < -0.4 is 5.56 Å². The molecule has 0 fully saturated rings. The standard InChI is InChI=1S/C13H21NO3/c1-8(7-15)6-9(2)10(3)11-4-5-12(16)14-13(11)17/h4-5,8-10,15H,6-7H2,1-3H3,(H2,14,16,17)/t8-,9-,10+/m0/s1. The fraction of sp³-hybridized carbons (Fsp3) is 0.615. The third-order valence-electron chi connectivity index (χ3n) is 3.36. The van der Waals surface area contributed by atoms with Crippen LogP contribution in [0.3, 0.4) is 0 Å². The SMILES string of the molecule is C[C@H](CO)C[C@H](C)[C@@H](C)c1ccc(=O)[nH]c1O. The van der Waals surface area contributed by atoms with Gasteiger partial charge in [-0.25, -0.2) is 0 Å². The molecule has 1 aromatic heterocycles. The summed E-state index contributed by atoms with van der Waals surface area (Å²) in [6, 6.07) is 3.09. The average molecular weight is 239 g/mol. The van der Waals surface area contributed by atoms with Crippen LogP contribution in [0.2, 0.25) is 0 Å². The Labute approximate surface area is 101 Å². The Hall–Kier alpha value is -1.29. The molecule has 0 radical (unpaired) electrons. The molecule has 1 rings (SSSR count). The molecule has 0 unspecified atom stereocenters. The van der Waals surface area contributed by atoms with Crippen molar-refractivity contribution in [3.05, 3.63) is 28.0 Å². The van der Waals surface area contributed by atoms with Crippen molar-refractivity contribution in [2.24, 2.45) is 11.8 Å². The topological polar surface area (TPSA) is 73.3 Å². The first-order valence-corrected chi connectivity index (χ1v) is 5.98. The molecule has 0 saturated heterocycles. The minimum Gasteiger partial charge on any atom is -0.494 e. The highest BCUT2D eigenvalue weighted by Gasteiger charge is 2.19. The first kappa shape index (κ1) is 13.8. The summed E-state index contributed by atoms with van der Waals surface area (Å²) in [5, 5.41) is 18.7. The van der Waals surface area contributed by atoms with Crippen LogP contribution in [-0.4, -0.2) is 21.8 Å². The number of hydrogen-bond donors (Lipinski definition) is 3. The lowest BCUT2D eigenvalue weighted by Gasteiger charge is -2.23. The van der Waals surface area contributed by atoms with E-state index in [1.165, 1.54) is 6.07 Å². The minimum atomic E-state index is -0.296. The molecule has 3 atom stereocenters. The summed E-state index contributed by atoms with van der Waals surface area (Å²) < 4.78 is 0. The van der Waals surface area contributed by atoms with Crippen LogP contribution >= 0.6 is 0 Å². The molecule has 3 N–H and O–H groups in total. The maximum absolute atomic E-state index is 11.0. The van der Waals surface area contributed by atoms with Crippen LogP contribution in [-0.2, 0) is 0 Å². The summed E-state index contributed by atoms with van der Waals surface area (Å²) in [5.41, 5.74) is 0.456. The molecule has 0 aliphatic rings. The molecule has 0 saturated carbocycles. The minimum absolute atomic E-state index is 0.0477. The van der Waals surface area contributed by atoms with Gasteiger partial charge in [0.25, 0.3) is 5.56 Å². The third-order valence-corrected chi connectivity index (χ3v) is 3.36. The van der Waals surface area contributed by atoms with Gasteiger partial charge in [0.2, 0.25) is 0 Å². The molecular weight excluding hydrogens is 218 g/mol. The van der Waals surface area contributed by atoms with Gasteiger partial charge in [-0.1, -0.05) is 20.8 Å². The van der Waals surface area contributed by atoms with Crippen LogP contribution in [0.1, 0.15) is 38.7 Å². The van der Waals surface area contributed by atoms with Crippen molar-refractivity contribution < 1.29 is 10.2 Å². The summed E-state index contributed by atoms with van der Waals surface area (Å²) >= 11 is 0. The quantitative estimate of drug-likeness (QED) is 0.734. The van der Waals surface area contributed by atoms with Crippen molar-refractivity contribution in [2.75, 3.05) is 6.61 Å². The van der Waals surface area contributed by atoms with Gasteiger partial charge in [-0.3, -0.25) is 9.78 Å². The zero-order valence-electron chi connectivity index (χ0n) is 10.6. The van der Waals surface area contributed by atoms with E-state index in [-0.39, 0.29) is 29.9 Å². The Morgan fingerprint density at radius 2 is 1.94 bits per heavy atom. The molecule has 1 aromatic rings. The number of aromatic amines is 1. The second kappa shape index (κ2) is 5.87. The highest BCUT2D eigenvalue weighted by molar-refractivity contribution is 5.28. The number of pyridine rings is 1. The fourth-order valence-electron chi connectivity index (χ4n) is 2.06. The molecular formula is C13H21NO3. The fourth-order valence-corrected chi connectivity index (χ4v) is 2.06. The van der Waals surface area contributed by atoms with Crippen LogP contribution in [0.25, 0.3) is 0 Å². The number of aromatic hydroxyl groups is 1.